The van der Waals surface area contributed by atoms with Gasteiger partial charge in [0.15, 0.2) is 0 Å². The van der Waals surface area contributed by atoms with Crippen molar-refractivity contribution in [1.29, 1.82) is 0 Å². The third-order valence-electron chi connectivity index (χ3n) is 2.64. The monoisotopic (exact) mass is 298 g/mol. The molecular formula is C13H12F6O. The van der Waals surface area contributed by atoms with Crippen molar-refractivity contribution in [2.75, 3.05) is 6.61 Å². The van der Waals surface area contributed by atoms with E-state index in [1.807, 2.05) is 0 Å². The Morgan fingerprint density at radius 3 is 1.75 bits per heavy atom. The largest absolute Gasteiger partial charge is 0.416 e. The molecule has 112 valence electrons. The molecule has 0 amide bonds. The number of hydrogen-bond acceptors (Lipinski definition) is 1. The highest BCUT2D eigenvalue weighted by Gasteiger charge is 2.36. The molecule has 0 bridgehead atoms. The number of alkyl halides is 6. The third-order valence-corrected chi connectivity index (χ3v) is 2.64. The first-order valence-electron chi connectivity index (χ1n) is 5.67. The summed E-state index contributed by atoms with van der Waals surface area (Å²) in [6, 6.07) is 1.32. The Morgan fingerprint density at radius 1 is 1.00 bits per heavy atom. The Bertz CT molecular complexity index is 460. The molecule has 0 fully saturated rings. The first kappa shape index (κ1) is 16.6. The predicted molar refractivity (Wildman–Crippen MR) is 61.8 cm³/mol. The lowest BCUT2D eigenvalue weighted by Crippen LogP contribution is -2.11. The average Bonchev–Trinajstić information content (AvgIpc) is 2.33. The van der Waals surface area contributed by atoms with Crippen molar-refractivity contribution in [1.82, 2.24) is 0 Å². The van der Waals surface area contributed by atoms with Crippen LogP contribution in [0.4, 0.5) is 26.3 Å². The van der Waals surface area contributed by atoms with Crippen LogP contribution in [0.5, 0.6) is 0 Å². The number of halogens is 6. The maximum Gasteiger partial charge on any atom is 0.416 e. The molecule has 0 aromatic heterocycles. The van der Waals surface area contributed by atoms with Gasteiger partial charge in [0.25, 0.3) is 0 Å². The molecule has 20 heavy (non-hydrogen) atoms. The molecule has 0 aliphatic carbocycles. The summed E-state index contributed by atoms with van der Waals surface area (Å²) >= 11 is 0. The number of rotatable bonds is 3. The van der Waals surface area contributed by atoms with Crippen LogP contribution in [0.3, 0.4) is 0 Å². The summed E-state index contributed by atoms with van der Waals surface area (Å²) in [4.78, 5) is 0. The SMILES string of the molecule is CCC(=Cc1cc(C(F)(F)F)cc(C(F)(F)F)c1)CO. The minimum Gasteiger partial charge on any atom is -0.392 e. The molecule has 0 aliphatic rings. The van der Waals surface area contributed by atoms with Gasteiger partial charge in [-0.25, -0.2) is 0 Å². The molecule has 0 radical (unpaired) electrons. The van der Waals surface area contributed by atoms with Gasteiger partial charge in [-0.1, -0.05) is 13.0 Å². The summed E-state index contributed by atoms with van der Waals surface area (Å²) in [6.07, 6.45) is -8.27. The van der Waals surface area contributed by atoms with Crippen LogP contribution in [-0.2, 0) is 12.4 Å². The first-order chi connectivity index (χ1) is 9.07. The maximum atomic E-state index is 12.6. The van der Waals surface area contributed by atoms with Crippen molar-refractivity contribution in [3.63, 3.8) is 0 Å². The number of benzene rings is 1. The van der Waals surface area contributed by atoms with E-state index in [0.717, 1.165) is 6.08 Å². The van der Waals surface area contributed by atoms with Crippen LogP contribution in [0.15, 0.2) is 23.8 Å². The molecule has 1 rings (SSSR count). The van der Waals surface area contributed by atoms with Gasteiger partial charge in [-0.15, -0.1) is 0 Å². The Labute approximate surface area is 111 Å². The predicted octanol–water partition coefficient (Wildman–Crippen LogP) is 4.51. The minimum atomic E-state index is -4.87. The normalized spacial score (nSPS) is 13.7. The standard InChI is InChI=1S/C13H12F6O/c1-2-8(7-20)3-9-4-10(12(14,15)16)6-11(5-9)13(17,18)19/h3-6,20H,2,7H2,1H3. The smallest absolute Gasteiger partial charge is 0.392 e. The van der Waals surface area contributed by atoms with E-state index < -0.39 is 30.1 Å². The van der Waals surface area contributed by atoms with Crippen LogP contribution in [0, 0.1) is 0 Å². The van der Waals surface area contributed by atoms with Gasteiger partial charge in [0.1, 0.15) is 0 Å². The van der Waals surface area contributed by atoms with E-state index in [4.69, 9.17) is 5.11 Å². The fourth-order valence-corrected chi connectivity index (χ4v) is 1.56. The van der Waals surface area contributed by atoms with Crippen LogP contribution in [-0.4, -0.2) is 11.7 Å². The first-order valence-corrected chi connectivity index (χ1v) is 5.67. The maximum absolute atomic E-state index is 12.6. The number of hydrogen-bond donors (Lipinski definition) is 1. The zero-order valence-corrected chi connectivity index (χ0v) is 10.4. The number of aliphatic hydroxyl groups excluding tert-OH is 1. The lowest BCUT2D eigenvalue weighted by Gasteiger charge is -2.13. The van der Waals surface area contributed by atoms with Gasteiger partial charge in [-0.2, -0.15) is 26.3 Å². The van der Waals surface area contributed by atoms with Crippen molar-refractivity contribution in [3.05, 3.63) is 40.5 Å². The lowest BCUT2D eigenvalue weighted by molar-refractivity contribution is -0.143. The highest BCUT2D eigenvalue weighted by Crippen LogP contribution is 2.36. The van der Waals surface area contributed by atoms with E-state index in [-0.39, 0.29) is 11.6 Å². The molecule has 7 heteroatoms. The van der Waals surface area contributed by atoms with E-state index in [9.17, 15) is 26.3 Å². The van der Waals surface area contributed by atoms with Gasteiger partial charge >= 0.3 is 12.4 Å². The summed E-state index contributed by atoms with van der Waals surface area (Å²) in [5, 5.41) is 8.93. The van der Waals surface area contributed by atoms with Gasteiger partial charge in [-0.05, 0) is 35.8 Å². The summed E-state index contributed by atoms with van der Waals surface area (Å²) in [7, 11) is 0. The van der Waals surface area contributed by atoms with Crippen LogP contribution in [0.1, 0.15) is 30.0 Å². The molecule has 1 nitrogen and oxygen atoms in total. The molecule has 1 aromatic carbocycles. The van der Waals surface area contributed by atoms with E-state index in [1.54, 1.807) is 6.92 Å². The average molecular weight is 298 g/mol. The fourth-order valence-electron chi connectivity index (χ4n) is 1.56. The van der Waals surface area contributed by atoms with Crippen LogP contribution >= 0.6 is 0 Å². The van der Waals surface area contributed by atoms with E-state index in [0.29, 0.717) is 24.1 Å². The minimum absolute atomic E-state index is 0.0713. The van der Waals surface area contributed by atoms with Crippen LogP contribution < -0.4 is 0 Å². The second kappa shape index (κ2) is 5.87. The molecule has 1 N–H and O–H groups in total. The Morgan fingerprint density at radius 2 is 1.45 bits per heavy atom. The van der Waals surface area contributed by atoms with E-state index in [1.165, 1.54) is 0 Å². The third kappa shape index (κ3) is 4.26. The van der Waals surface area contributed by atoms with Gasteiger partial charge in [0.2, 0.25) is 0 Å². The van der Waals surface area contributed by atoms with Crippen molar-refractivity contribution in [2.24, 2.45) is 0 Å². The summed E-state index contributed by atoms with van der Waals surface area (Å²) < 4.78 is 75.6. The van der Waals surface area contributed by atoms with Crippen molar-refractivity contribution in [3.8, 4) is 0 Å². The van der Waals surface area contributed by atoms with Gasteiger partial charge in [0.05, 0.1) is 17.7 Å². The number of aliphatic hydroxyl groups is 1. The quantitative estimate of drug-likeness (QED) is 0.814. The fraction of sp³-hybridized carbons (Fsp3) is 0.385. The van der Waals surface area contributed by atoms with Crippen molar-refractivity contribution in [2.45, 2.75) is 25.7 Å². The zero-order valence-electron chi connectivity index (χ0n) is 10.4. The Kier molecular flexibility index (Phi) is 4.86. The Hall–Kier alpha value is -1.50. The Balaban J connectivity index is 3.42. The van der Waals surface area contributed by atoms with Gasteiger partial charge in [0, 0.05) is 0 Å². The van der Waals surface area contributed by atoms with E-state index in [2.05, 4.69) is 0 Å². The molecule has 0 atom stereocenters. The summed E-state index contributed by atoms with van der Waals surface area (Å²) in [6.45, 7) is 1.22. The van der Waals surface area contributed by atoms with E-state index >= 15 is 0 Å². The molecule has 0 spiro atoms. The highest BCUT2D eigenvalue weighted by atomic mass is 19.4. The topological polar surface area (TPSA) is 20.2 Å². The van der Waals surface area contributed by atoms with Crippen LogP contribution in [0.25, 0.3) is 6.08 Å². The molecule has 0 unspecified atom stereocenters. The van der Waals surface area contributed by atoms with Crippen molar-refractivity contribution >= 4 is 6.08 Å². The van der Waals surface area contributed by atoms with Crippen LogP contribution in [0.2, 0.25) is 0 Å². The van der Waals surface area contributed by atoms with Gasteiger partial charge in [-0.3, -0.25) is 0 Å². The zero-order chi connectivity index (χ0) is 15.6. The highest BCUT2D eigenvalue weighted by molar-refractivity contribution is 5.56. The molecule has 0 heterocycles. The van der Waals surface area contributed by atoms with Crippen molar-refractivity contribution < 1.29 is 31.4 Å². The molecule has 0 aliphatic heterocycles. The molecule has 0 saturated heterocycles. The molecule has 1 aromatic rings. The van der Waals surface area contributed by atoms with Gasteiger partial charge < -0.3 is 5.11 Å². The summed E-state index contributed by atoms with van der Waals surface area (Å²) in [5.41, 5.74) is -2.63. The second-order valence-electron chi connectivity index (χ2n) is 4.15. The second-order valence-corrected chi connectivity index (χ2v) is 4.15. The summed E-state index contributed by atoms with van der Waals surface area (Å²) in [5.74, 6) is 0. The molecular weight excluding hydrogens is 286 g/mol. The lowest BCUT2D eigenvalue weighted by atomic mass is 10.0. The molecule has 0 saturated carbocycles.